The highest BCUT2D eigenvalue weighted by Gasteiger charge is 2.35. The predicted octanol–water partition coefficient (Wildman–Crippen LogP) is 4.62. The van der Waals surface area contributed by atoms with Crippen LogP contribution in [0.1, 0.15) is 56.0 Å². The minimum absolute atomic E-state index is 0.115. The first-order valence-electron chi connectivity index (χ1n) is 13.7. The fourth-order valence-electron chi connectivity index (χ4n) is 4.72. The molecule has 15 heteroatoms. The van der Waals surface area contributed by atoms with Crippen molar-refractivity contribution in [3.05, 3.63) is 53.6 Å². The zero-order chi connectivity index (χ0) is 32.9. The van der Waals surface area contributed by atoms with Gasteiger partial charge in [0.25, 0.3) is 5.91 Å². The summed E-state index contributed by atoms with van der Waals surface area (Å²) in [7, 11) is -3.76. The lowest BCUT2D eigenvalue weighted by molar-refractivity contribution is -0.137. The summed E-state index contributed by atoms with van der Waals surface area (Å²) in [4.78, 5) is 39.0. The van der Waals surface area contributed by atoms with Crippen LogP contribution in [0, 0.1) is 5.92 Å². The van der Waals surface area contributed by atoms with Gasteiger partial charge in [-0.3, -0.25) is 14.9 Å². The quantitative estimate of drug-likeness (QED) is 0.285. The number of rotatable bonds is 9. The maximum absolute atomic E-state index is 13.4. The third-order valence-corrected chi connectivity index (χ3v) is 9.39. The maximum atomic E-state index is 13.4. The lowest BCUT2D eigenvalue weighted by Crippen LogP contribution is -2.49. The third-order valence-electron chi connectivity index (χ3n) is 6.79. The minimum Gasteiger partial charge on any atom is -0.444 e. The normalized spacial score (nSPS) is 19.1. The molecule has 1 aliphatic rings. The first-order valence-corrected chi connectivity index (χ1v) is 16.6. The van der Waals surface area contributed by atoms with Crippen molar-refractivity contribution in [1.29, 1.82) is 0 Å². The number of anilines is 1. The van der Waals surface area contributed by atoms with E-state index >= 15 is 0 Å². The van der Waals surface area contributed by atoms with E-state index < -0.39 is 75.3 Å². The van der Waals surface area contributed by atoms with Gasteiger partial charge in [0.05, 0.1) is 40.1 Å². The molecule has 3 amide bonds. The topological polar surface area (TPSA) is 151 Å². The Morgan fingerprint density at radius 3 is 2.30 bits per heavy atom. The van der Waals surface area contributed by atoms with Gasteiger partial charge in [-0.1, -0.05) is 0 Å². The van der Waals surface area contributed by atoms with Crippen LogP contribution in [-0.2, 0) is 25.5 Å². The lowest BCUT2D eigenvalue weighted by Gasteiger charge is -2.34. The van der Waals surface area contributed by atoms with Gasteiger partial charge >= 0.3 is 12.3 Å². The van der Waals surface area contributed by atoms with Gasteiger partial charge in [-0.2, -0.15) is 13.2 Å². The number of thioether (sulfide) groups is 1. The van der Waals surface area contributed by atoms with E-state index in [1.807, 2.05) is 6.26 Å². The van der Waals surface area contributed by atoms with E-state index in [1.54, 1.807) is 32.9 Å². The molecule has 0 spiro atoms. The summed E-state index contributed by atoms with van der Waals surface area (Å²) in [5, 5.41) is 17.4. The average Bonchev–Trinajstić information content (AvgIpc) is 2.91. The second kappa shape index (κ2) is 14.2. The van der Waals surface area contributed by atoms with Crippen molar-refractivity contribution in [2.24, 2.45) is 5.92 Å². The smallest absolute Gasteiger partial charge is 0.416 e. The molecule has 0 aliphatic heterocycles. The second-order valence-corrected chi connectivity index (χ2v) is 14.3. The van der Waals surface area contributed by atoms with Gasteiger partial charge in [0.15, 0.2) is 9.84 Å². The molecular weight excluding hydrogens is 623 g/mol. The van der Waals surface area contributed by atoms with Crippen LogP contribution in [0.5, 0.6) is 0 Å². The first-order chi connectivity index (χ1) is 20.4. The van der Waals surface area contributed by atoms with Crippen molar-refractivity contribution in [2.45, 2.75) is 73.7 Å². The van der Waals surface area contributed by atoms with E-state index in [9.17, 15) is 41.1 Å². The van der Waals surface area contributed by atoms with Crippen LogP contribution in [0.2, 0.25) is 0 Å². The molecule has 10 nitrogen and oxygen atoms in total. The van der Waals surface area contributed by atoms with Crippen molar-refractivity contribution in [1.82, 2.24) is 10.6 Å². The molecule has 3 rings (SSSR count). The monoisotopic (exact) mass is 659 g/mol. The predicted molar refractivity (Wildman–Crippen MR) is 159 cm³/mol. The third kappa shape index (κ3) is 10.1. The number of aliphatic hydroxyl groups is 1. The Morgan fingerprint density at radius 2 is 1.70 bits per heavy atom. The molecule has 242 valence electrons. The number of aliphatic hydroxyl groups excluding tert-OH is 1. The van der Waals surface area contributed by atoms with Gasteiger partial charge in [-0.25, -0.2) is 13.2 Å². The Balaban J connectivity index is 1.70. The van der Waals surface area contributed by atoms with Gasteiger partial charge in [0.1, 0.15) is 5.60 Å². The van der Waals surface area contributed by atoms with Crippen LogP contribution >= 0.6 is 11.8 Å². The zero-order valence-corrected chi connectivity index (χ0v) is 26.3. The first kappa shape index (κ1) is 35.2. The fraction of sp³-hybridized carbons (Fsp3) is 0.483. The molecule has 0 saturated heterocycles. The molecule has 1 aliphatic carbocycles. The number of hydrogen-bond donors (Lipinski definition) is 4. The Labute approximate surface area is 258 Å². The molecule has 3 atom stereocenters. The van der Waals surface area contributed by atoms with Crippen LogP contribution in [0.4, 0.5) is 23.7 Å². The summed E-state index contributed by atoms with van der Waals surface area (Å²) in [5.41, 5.74) is -2.87. The van der Waals surface area contributed by atoms with Crippen molar-refractivity contribution in [3.63, 3.8) is 0 Å². The SMILES string of the molecule is CSc1ccc(S(=O)(=O)CC2CC(O)CCC2NC(=O)CNC(=O)c2cc(C(F)(F)F)ccc2NC(=O)OC(C)(C)C)cc1. The highest BCUT2D eigenvalue weighted by molar-refractivity contribution is 7.98. The van der Waals surface area contributed by atoms with Crippen LogP contribution < -0.4 is 16.0 Å². The Morgan fingerprint density at radius 1 is 1.05 bits per heavy atom. The number of carbonyl (C=O) groups excluding carboxylic acids is 3. The molecule has 2 aromatic rings. The summed E-state index contributed by atoms with van der Waals surface area (Å²) in [6.07, 6.45) is -3.94. The largest absolute Gasteiger partial charge is 0.444 e. The molecule has 1 fully saturated rings. The number of nitrogens with one attached hydrogen (secondary N) is 3. The van der Waals surface area contributed by atoms with Crippen LogP contribution in [0.25, 0.3) is 0 Å². The number of halogens is 3. The Kier molecular flexibility index (Phi) is 11.4. The molecule has 0 aromatic heterocycles. The summed E-state index contributed by atoms with van der Waals surface area (Å²) in [5.74, 6) is -2.73. The van der Waals surface area contributed by atoms with E-state index in [2.05, 4.69) is 16.0 Å². The zero-order valence-electron chi connectivity index (χ0n) is 24.7. The summed E-state index contributed by atoms with van der Waals surface area (Å²) < 4.78 is 71.5. The van der Waals surface area contributed by atoms with Crippen molar-refractivity contribution in [2.75, 3.05) is 23.9 Å². The van der Waals surface area contributed by atoms with Crippen LogP contribution in [-0.4, -0.2) is 67.7 Å². The number of ether oxygens (including phenoxy) is 1. The second-order valence-electron chi connectivity index (χ2n) is 11.4. The van der Waals surface area contributed by atoms with Crippen molar-refractivity contribution < 1.29 is 45.8 Å². The highest BCUT2D eigenvalue weighted by atomic mass is 32.2. The summed E-state index contributed by atoms with van der Waals surface area (Å²) >= 11 is 1.46. The minimum atomic E-state index is -4.78. The molecule has 2 aromatic carbocycles. The molecule has 1 saturated carbocycles. The van der Waals surface area contributed by atoms with E-state index in [4.69, 9.17) is 4.74 Å². The van der Waals surface area contributed by atoms with Gasteiger partial charge in [0.2, 0.25) is 5.91 Å². The molecular formula is C29H36F3N3O7S2. The molecule has 4 N–H and O–H groups in total. The van der Waals surface area contributed by atoms with Crippen LogP contribution in [0.15, 0.2) is 52.3 Å². The van der Waals surface area contributed by atoms with E-state index in [-0.39, 0.29) is 29.2 Å². The maximum Gasteiger partial charge on any atom is 0.416 e. The van der Waals surface area contributed by atoms with Gasteiger partial charge in [-0.05, 0) is 94.7 Å². The number of hydrogen-bond acceptors (Lipinski definition) is 8. The fourth-order valence-corrected chi connectivity index (χ4v) is 6.80. The molecule has 0 bridgehead atoms. The van der Waals surface area contributed by atoms with E-state index in [0.717, 1.165) is 11.0 Å². The standard InChI is InChI=1S/C29H36F3N3O7S2/c1-28(2,3)42-27(39)35-24-11-5-18(29(30,31)32)14-22(24)26(38)33-15-25(37)34-23-12-6-19(36)13-17(23)16-44(40,41)21-9-7-20(43-4)8-10-21/h5,7-11,14,17,19,23,36H,6,12-13,15-16H2,1-4H3,(H,33,38)(H,34,37)(H,35,39). The van der Waals surface area contributed by atoms with Gasteiger partial charge < -0.3 is 20.5 Å². The van der Waals surface area contributed by atoms with Gasteiger partial charge in [0, 0.05) is 10.9 Å². The average molecular weight is 660 g/mol. The Bertz CT molecular complexity index is 1460. The van der Waals surface area contributed by atoms with Crippen molar-refractivity contribution >= 4 is 45.2 Å². The number of carbonyl (C=O) groups is 3. The molecule has 3 unspecified atom stereocenters. The highest BCUT2D eigenvalue weighted by Crippen LogP contribution is 2.32. The van der Waals surface area contributed by atoms with E-state index in [0.29, 0.717) is 18.6 Å². The summed E-state index contributed by atoms with van der Waals surface area (Å²) in [6, 6.07) is 7.90. The number of sulfone groups is 1. The lowest BCUT2D eigenvalue weighted by atomic mass is 9.84. The van der Waals surface area contributed by atoms with Crippen molar-refractivity contribution in [3.8, 4) is 0 Å². The van der Waals surface area contributed by atoms with Gasteiger partial charge in [-0.15, -0.1) is 11.8 Å². The molecule has 44 heavy (non-hydrogen) atoms. The molecule has 0 radical (unpaired) electrons. The van der Waals surface area contributed by atoms with E-state index in [1.165, 1.54) is 23.9 Å². The number of alkyl halides is 3. The summed E-state index contributed by atoms with van der Waals surface area (Å²) in [6.45, 7) is 4.11. The molecule has 0 heterocycles. The number of amides is 3. The number of benzene rings is 2. The Hall–Kier alpha value is -3.30. The van der Waals surface area contributed by atoms with Crippen LogP contribution in [0.3, 0.4) is 0 Å².